The number of aliphatic hydroxyl groups is 1. The number of ether oxygens (including phenoxy) is 1. The molecule has 7 nitrogen and oxygen atoms in total. The molecule has 8 heteroatoms. The van der Waals surface area contributed by atoms with Crippen molar-refractivity contribution in [3.05, 3.63) is 11.8 Å². The summed E-state index contributed by atoms with van der Waals surface area (Å²) in [5.74, 6) is 0. The Kier molecular flexibility index (Phi) is 4.00. The van der Waals surface area contributed by atoms with Crippen LogP contribution < -0.4 is 0 Å². The zero-order valence-corrected chi connectivity index (χ0v) is 11.0. The van der Waals surface area contributed by atoms with Gasteiger partial charge < -0.3 is 9.84 Å². The van der Waals surface area contributed by atoms with Gasteiger partial charge in [-0.05, 0) is 12.8 Å². The average molecular weight is 275 g/mol. The number of aliphatic hydroxyl groups excluding tert-OH is 1. The van der Waals surface area contributed by atoms with Crippen molar-refractivity contribution >= 4 is 10.0 Å². The Hall–Kier alpha value is -0.960. The number of aromatic nitrogens is 2. The number of hydrogen-bond donors (Lipinski definition) is 2. The predicted molar refractivity (Wildman–Crippen MR) is 63.3 cm³/mol. The highest BCUT2D eigenvalue weighted by Gasteiger charge is 2.29. The van der Waals surface area contributed by atoms with E-state index in [0.29, 0.717) is 13.2 Å². The fourth-order valence-electron chi connectivity index (χ4n) is 1.96. The maximum absolute atomic E-state index is 12.2. The van der Waals surface area contributed by atoms with Gasteiger partial charge in [-0.3, -0.25) is 5.10 Å². The molecule has 0 aliphatic carbocycles. The van der Waals surface area contributed by atoms with Crippen molar-refractivity contribution in [1.82, 2.24) is 14.5 Å². The third-order valence-corrected chi connectivity index (χ3v) is 4.84. The standard InChI is InChI=1S/C10H17N3O4S/c1-13(6-9-3-2-4-17-9)18(15,16)10-8(7-14)5-11-12-10/h5,9,14H,2-4,6-7H2,1H3,(H,11,12). The van der Waals surface area contributed by atoms with Crippen LogP contribution in [0.4, 0.5) is 0 Å². The summed E-state index contributed by atoms with van der Waals surface area (Å²) in [5, 5.41) is 15.1. The van der Waals surface area contributed by atoms with Gasteiger partial charge in [0.1, 0.15) is 0 Å². The van der Waals surface area contributed by atoms with Crippen LogP contribution in [0.5, 0.6) is 0 Å². The normalized spacial score (nSPS) is 20.7. The van der Waals surface area contributed by atoms with Crippen molar-refractivity contribution in [2.75, 3.05) is 20.2 Å². The van der Waals surface area contributed by atoms with E-state index in [-0.39, 0.29) is 23.3 Å². The van der Waals surface area contributed by atoms with Crippen LogP contribution in [-0.4, -0.2) is 54.3 Å². The molecule has 0 radical (unpaired) electrons. The molecule has 1 aliphatic rings. The Morgan fingerprint density at radius 1 is 1.67 bits per heavy atom. The molecule has 0 amide bonds. The highest BCUT2D eigenvalue weighted by Crippen LogP contribution is 2.19. The third-order valence-electron chi connectivity index (χ3n) is 3.00. The second-order valence-corrected chi connectivity index (χ2v) is 6.28. The van der Waals surface area contributed by atoms with Crippen molar-refractivity contribution in [3.8, 4) is 0 Å². The Balaban J connectivity index is 2.14. The largest absolute Gasteiger partial charge is 0.392 e. The molecule has 1 saturated heterocycles. The molecule has 102 valence electrons. The van der Waals surface area contributed by atoms with Gasteiger partial charge in [-0.15, -0.1) is 0 Å². The number of likely N-dealkylation sites (N-methyl/N-ethyl adjacent to an activating group) is 1. The Morgan fingerprint density at radius 3 is 3.06 bits per heavy atom. The van der Waals surface area contributed by atoms with Gasteiger partial charge in [0.2, 0.25) is 0 Å². The molecular weight excluding hydrogens is 258 g/mol. The Bertz CT molecular complexity index is 493. The van der Waals surface area contributed by atoms with E-state index >= 15 is 0 Å². The number of nitrogens with one attached hydrogen (secondary N) is 1. The Morgan fingerprint density at radius 2 is 2.44 bits per heavy atom. The molecule has 0 bridgehead atoms. The third kappa shape index (κ3) is 2.56. The zero-order valence-electron chi connectivity index (χ0n) is 10.2. The van der Waals surface area contributed by atoms with Crippen LogP contribution in [0.3, 0.4) is 0 Å². The van der Waals surface area contributed by atoms with Crippen LogP contribution in [0, 0.1) is 0 Å². The van der Waals surface area contributed by atoms with Crippen molar-refractivity contribution in [2.45, 2.75) is 30.6 Å². The molecule has 2 rings (SSSR count). The lowest BCUT2D eigenvalue weighted by molar-refractivity contribution is 0.0978. The first-order valence-corrected chi connectivity index (χ1v) is 7.20. The lowest BCUT2D eigenvalue weighted by atomic mass is 10.2. The monoisotopic (exact) mass is 275 g/mol. The SMILES string of the molecule is CN(CC1CCCO1)S(=O)(=O)c1[nH]ncc1CO. The molecular formula is C10H17N3O4S. The van der Waals surface area contributed by atoms with Gasteiger partial charge in [-0.1, -0.05) is 0 Å². The molecule has 2 heterocycles. The molecule has 18 heavy (non-hydrogen) atoms. The van der Waals surface area contributed by atoms with Gasteiger partial charge in [-0.2, -0.15) is 9.40 Å². The number of rotatable bonds is 5. The summed E-state index contributed by atoms with van der Waals surface area (Å²) in [6, 6.07) is 0. The molecule has 1 aliphatic heterocycles. The maximum atomic E-state index is 12.2. The summed E-state index contributed by atoms with van der Waals surface area (Å²) in [6.45, 7) is 0.634. The topological polar surface area (TPSA) is 95.5 Å². The summed E-state index contributed by atoms with van der Waals surface area (Å²) in [5.41, 5.74) is 0.272. The van der Waals surface area contributed by atoms with Crippen LogP contribution in [0.2, 0.25) is 0 Å². The smallest absolute Gasteiger partial charge is 0.260 e. The second-order valence-electron chi connectivity index (χ2n) is 4.30. The number of nitrogens with zero attached hydrogens (tertiary/aromatic N) is 2. The van der Waals surface area contributed by atoms with Crippen LogP contribution in [0.15, 0.2) is 11.2 Å². The summed E-state index contributed by atoms with van der Waals surface area (Å²) >= 11 is 0. The summed E-state index contributed by atoms with van der Waals surface area (Å²) in [4.78, 5) is 0. The average Bonchev–Trinajstić information content (AvgIpc) is 2.98. The molecule has 0 aromatic carbocycles. The van der Waals surface area contributed by atoms with Crippen molar-refractivity contribution in [3.63, 3.8) is 0 Å². The molecule has 2 N–H and O–H groups in total. The van der Waals surface area contributed by atoms with E-state index in [0.717, 1.165) is 12.8 Å². The lowest BCUT2D eigenvalue weighted by Gasteiger charge is -2.20. The minimum atomic E-state index is -3.65. The molecule has 1 aromatic rings. The number of H-pyrrole nitrogens is 1. The summed E-state index contributed by atoms with van der Waals surface area (Å²) < 4.78 is 31.1. The van der Waals surface area contributed by atoms with Gasteiger partial charge in [0.15, 0.2) is 5.03 Å². The van der Waals surface area contributed by atoms with Gasteiger partial charge in [-0.25, -0.2) is 8.42 Å². The van der Waals surface area contributed by atoms with E-state index in [4.69, 9.17) is 9.84 Å². The van der Waals surface area contributed by atoms with Crippen LogP contribution in [-0.2, 0) is 21.4 Å². The van der Waals surface area contributed by atoms with E-state index in [1.807, 2.05) is 0 Å². The molecule has 1 aromatic heterocycles. The van der Waals surface area contributed by atoms with Gasteiger partial charge in [0.05, 0.1) is 18.9 Å². The number of hydrogen-bond acceptors (Lipinski definition) is 5. The van der Waals surface area contributed by atoms with E-state index in [2.05, 4.69) is 10.2 Å². The molecule has 1 unspecified atom stereocenters. The highest BCUT2D eigenvalue weighted by molar-refractivity contribution is 7.89. The van der Waals surface area contributed by atoms with E-state index < -0.39 is 10.0 Å². The summed E-state index contributed by atoms with van der Waals surface area (Å²) in [6.07, 6.45) is 3.10. The van der Waals surface area contributed by atoms with Crippen molar-refractivity contribution in [2.24, 2.45) is 0 Å². The second kappa shape index (κ2) is 5.35. The highest BCUT2D eigenvalue weighted by atomic mass is 32.2. The first-order valence-electron chi connectivity index (χ1n) is 5.76. The van der Waals surface area contributed by atoms with Crippen molar-refractivity contribution in [1.29, 1.82) is 0 Å². The lowest BCUT2D eigenvalue weighted by Crippen LogP contribution is -2.34. The molecule has 0 spiro atoms. The fourth-order valence-corrected chi connectivity index (χ4v) is 3.26. The fraction of sp³-hybridized carbons (Fsp3) is 0.700. The van der Waals surface area contributed by atoms with Gasteiger partial charge >= 0.3 is 0 Å². The minimum Gasteiger partial charge on any atom is -0.392 e. The molecule has 0 saturated carbocycles. The van der Waals surface area contributed by atoms with E-state index in [9.17, 15) is 8.42 Å². The maximum Gasteiger partial charge on any atom is 0.260 e. The first-order chi connectivity index (χ1) is 8.55. The predicted octanol–water partition coefficient (Wildman–Crippen LogP) is -0.298. The van der Waals surface area contributed by atoms with Gasteiger partial charge in [0.25, 0.3) is 10.0 Å². The minimum absolute atomic E-state index is 0.0505. The quantitative estimate of drug-likeness (QED) is 0.769. The van der Waals surface area contributed by atoms with Crippen LogP contribution >= 0.6 is 0 Å². The molecule has 1 fully saturated rings. The summed E-state index contributed by atoms with van der Waals surface area (Å²) in [7, 11) is -2.15. The number of sulfonamides is 1. The van der Waals surface area contributed by atoms with E-state index in [1.54, 1.807) is 0 Å². The Labute approximate surface area is 106 Å². The van der Waals surface area contributed by atoms with Crippen LogP contribution in [0.25, 0.3) is 0 Å². The number of aromatic amines is 1. The van der Waals surface area contributed by atoms with Crippen molar-refractivity contribution < 1.29 is 18.3 Å². The van der Waals surface area contributed by atoms with Gasteiger partial charge in [0, 0.05) is 25.8 Å². The first kappa shape index (κ1) is 13.5. The zero-order chi connectivity index (χ0) is 13.2. The van der Waals surface area contributed by atoms with Crippen LogP contribution in [0.1, 0.15) is 18.4 Å². The van der Waals surface area contributed by atoms with E-state index in [1.165, 1.54) is 17.5 Å². The molecule has 1 atom stereocenters.